The first kappa shape index (κ1) is 6.92. The summed E-state index contributed by atoms with van der Waals surface area (Å²) in [4.78, 5) is 0. The summed E-state index contributed by atoms with van der Waals surface area (Å²) in [7, 11) is 3.14. The molecule has 0 aliphatic heterocycles. The molecular weight excluding hydrogens is 132 g/mol. The van der Waals surface area contributed by atoms with Crippen LogP contribution in [-0.4, -0.2) is 24.4 Å². The number of hydrogen-bond acceptors (Lipinski definition) is 3. The van der Waals surface area contributed by atoms with E-state index in [4.69, 9.17) is 9.47 Å². The van der Waals surface area contributed by atoms with Gasteiger partial charge in [0, 0.05) is 0 Å². The lowest BCUT2D eigenvalue weighted by molar-refractivity contribution is 0.346. The SMILES string of the molecule is COc1n[nH]c(C)c1OC. The van der Waals surface area contributed by atoms with Gasteiger partial charge in [0.15, 0.2) is 0 Å². The van der Waals surface area contributed by atoms with Crippen LogP contribution in [0.25, 0.3) is 0 Å². The monoisotopic (exact) mass is 142 g/mol. The van der Waals surface area contributed by atoms with E-state index < -0.39 is 0 Å². The van der Waals surface area contributed by atoms with Crippen molar-refractivity contribution in [3.63, 3.8) is 0 Å². The Bertz CT molecular complexity index is 220. The van der Waals surface area contributed by atoms with Gasteiger partial charge in [-0.15, -0.1) is 5.10 Å². The molecule has 0 aliphatic carbocycles. The molecule has 56 valence electrons. The van der Waals surface area contributed by atoms with Crippen LogP contribution in [0, 0.1) is 6.92 Å². The predicted molar refractivity (Wildman–Crippen MR) is 36.4 cm³/mol. The lowest BCUT2D eigenvalue weighted by Gasteiger charge is -1.98. The Labute approximate surface area is 59.2 Å². The van der Waals surface area contributed by atoms with Crippen molar-refractivity contribution in [3.05, 3.63) is 5.69 Å². The summed E-state index contributed by atoms with van der Waals surface area (Å²) in [6.07, 6.45) is 0. The highest BCUT2D eigenvalue weighted by Gasteiger charge is 2.08. The zero-order valence-electron chi connectivity index (χ0n) is 6.26. The Morgan fingerprint density at radius 3 is 2.40 bits per heavy atom. The normalized spacial score (nSPS) is 9.50. The summed E-state index contributed by atoms with van der Waals surface area (Å²) >= 11 is 0. The van der Waals surface area contributed by atoms with Gasteiger partial charge in [0.2, 0.25) is 5.75 Å². The van der Waals surface area contributed by atoms with Crippen molar-refractivity contribution in [1.82, 2.24) is 10.2 Å². The minimum Gasteiger partial charge on any atom is -0.490 e. The van der Waals surface area contributed by atoms with Crippen molar-refractivity contribution in [2.45, 2.75) is 6.92 Å². The van der Waals surface area contributed by atoms with Gasteiger partial charge in [-0.05, 0) is 6.92 Å². The molecule has 10 heavy (non-hydrogen) atoms. The van der Waals surface area contributed by atoms with Crippen LogP contribution in [0.15, 0.2) is 0 Å². The van der Waals surface area contributed by atoms with Crippen molar-refractivity contribution in [2.24, 2.45) is 0 Å². The first-order valence-electron chi connectivity index (χ1n) is 2.92. The number of hydrogen-bond donors (Lipinski definition) is 1. The quantitative estimate of drug-likeness (QED) is 0.662. The highest BCUT2D eigenvalue weighted by Crippen LogP contribution is 2.26. The number of rotatable bonds is 2. The molecule has 0 fully saturated rings. The van der Waals surface area contributed by atoms with Gasteiger partial charge in [0.05, 0.1) is 19.9 Å². The first-order valence-corrected chi connectivity index (χ1v) is 2.92. The molecule has 1 rings (SSSR count). The van der Waals surface area contributed by atoms with Crippen LogP contribution in [0.5, 0.6) is 11.6 Å². The topological polar surface area (TPSA) is 47.1 Å². The summed E-state index contributed by atoms with van der Waals surface area (Å²) in [6, 6.07) is 0. The van der Waals surface area contributed by atoms with Crippen molar-refractivity contribution in [1.29, 1.82) is 0 Å². The second-order valence-corrected chi connectivity index (χ2v) is 1.89. The van der Waals surface area contributed by atoms with E-state index in [1.165, 1.54) is 0 Å². The predicted octanol–water partition coefficient (Wildman–Crippen LogP) is 0.735. The molecule has 0 aliphatic rings. The Balaban J connectivity index is 3.01. The second-order valence-electron chi connectivity index (χ2n) is 1.89. The van der Waals surface area contributed by atoms with E-state index in [0.29, 0.717) is 11.6 Å². The molecule has 0 saturated heterocycles. The van der Waals surface area contributed by atoms with E-state index in [0.717, 1.165) is 5.69 Å². The summed E-state index contributed by atoms with van der Waals surface area (Å²) in [5.41, 5.74) is 0.874. The van der Waals surface area contributed by atoms with E-state index in [9.17, 15) is 0 Å². The molecule has 1 N–H and O–H groups in total. The molecule has 4 nitrogen and oxygen atoms in total. The molecule has 0 spiro atoms. The fourth-order valence-electron chi connectivity index (χ4n) is 0.775. The molecule has 0 radical (unpaired) electrons. The number of aryl methyl sites for hydroxylation is 1. The highest BCUT2D eigenvalue weighted by atomic mass is 16.5. The van der Waals surface area contributed by atoms with Crippen LogP contribution in [0.4, 0.5) is 0 Å². The zero-order valence-corrected chi connectivity index (χ0v) is 6.26. The van der Waals surface area contributed by atoms with Gasteiger partial charge in [-0.2, -0.15) is 0 Å². The number of nitrogens with one attached hydrogen (secondary N) is 1. The maximum absolute atomic E-state index is 4.99. The molecular formula is C6H10N2O2. The van der Waals surface area contributed by atoms with Crippen molar-refractivity contribution in [3.8, 4) is 11.6 Å². The molecule has 0 aromatic carbocycles. The van der Waals surface area contributed by atoms with Gasteiger partial charge in [-0.3, -0.25) is 5.10 Å². The maximum atomic E-state index is 4.99. The van der Waals surface area contributed by atoms with E-state index in [-0.39, 0.29) is 0 Å². The molecule has 1 aromatic heterocycles. The van der Waals surface area contributed by atoms with Gasteiger partial charge >= 0.3 is 0 Å². The number of H-pyrrole nitrogens is 1. The van der Waals surface area contributed by atoms with Crippen molar-refractivity contribution in [2.75, 3.05) is 14.2 Å². The average molecular weight is 142 g/mol. The molecule has 1 aromatic rings. The number of nitrogens with zero attached hydrogens (tertiary/aromatic N) is 1. The van der Waals surface area contributed by atoms with Gasteiger partial charge in [-0.1, -0.05) is 0 Å². The number of ether oxygens (including phenoxy) is 2. The van der Waals surface area contributed by atoms with Crippen LogP contribution in [-0.2, 0) is 0 Å². The Hall–Kier alpha value is -1.19. The second kappa shape index (κ2) is 2.60. The summed E-state index contributed by atoms with van der Waals surface area (Å²) < 4.78 is 9.88. The van der Waals surface area contributed by atoms with Gasteiger partial charge in [-0.25, -0.2) is 0 Å². The third-order valence-corrected chi connectivity index (χ3v) is 1.26. The molecule has 0 unspecified atom stereocenters. The summed E-state index contributed by atoms with van der Waals surface area (Å²) in [5, 5.41) is 6.57. The van der Waals surface area contributed by atoms with Gasteiger partial charge < -0.3 is 9.47 Å². The van der Waals surface area contributed by atoms with Crippen LogP contribution in [0.2, 0.25) is 0 Å². The Kier molecular flexibility index (Phi) is 1.80. The fraction of sp³-hybridized carbons (Fsp3) is 0.500. The van der Waals surface area contributed by atoms with E-state index >= 15 is 0 Å². The van der Waals surface area contributed by atoms with Crippen LogP contribution in [0.1, 0.15) is 5.69 Å². The summed E-state index contributed by atoms with van der Waals surface area (Å²) in [5.74, 6) is 1.17. The summed E-state index contributed by atoms with van der Waals surface area (Å²) in [6.45, 7) is 1.87. The van der Waals surface area contributed by atoms with Gasteiger partial charge in [0.25, 0.3) is 5.88 Å². The lowest BCUT2D eigenvalue weighted by atomic mass is 10.4. The molecule has 0 amide bonds. The zero-order chi connectivity index (χ0) is 7.56. The van der Waals surface area contributed by atoms with Crippen molar-refractivity contribution >= 4 is 0 Å². The van der Waals surface area contributed by atoms with Crippen LogP contribution in [0.3, 0.4) is 0 Å². The number of aromatic amines is 1. The van der Waals surface area contributed by atoms with E-state index in [1.54, 1.807) is 14.2 Å². The highest BCUT2D eigenvalue weighted by molar-refractivity contribution is 5.36. The minimum atomic E-state index is 0.500. The van der Waals surface area contributed by atoms with Crippen LogP contribution < -0.4 is 9.47 Å². The Morgan fingerprint density at radius 1 is 1.30 bits per heavy atom. The average Bonchev–Trinajstić information content (AvgIpc) is 2.30. The third kappa shape index (κ3) is 0.920. The molecule has 4 heteroatoms. The number of aromatic nitrogens is 2. The first-order chi connectivity index (χ1) is 4.79. The molecule has 0 bridgehead atoms. The van der Waals surface area contributed by atoms with E-state index in [2.05, 4.69) is 10.2 Å². The molecule has 0 atom stereocenters. The maximum Gasteiger partial charge on any atom is 0.275 e. The molecule has 1 heterocycles. The van der Waals surface area contributed by atoms with Crippen LogP contribution >= 0.6 is 0 Å². The standard InChI is InChI=1S/C6H10N2O2/c1-4-5(9-2)6(10-3)8-7-4/h1-3H3,(H,7,8). The minimum absolute atomic E-state index is 0.500. The third-order valence-electron chi connectivity index (χ3n) is 1.26. The number of methoxy groups -OCH3 is 2. The van der Waals surface area contributed by atoms with Crippen molar-refractivity contribution < 1.29 is 9.47 Å². The Morgan fingerprint density at radius 2 is 2.00 bits per heavy atom. The lowest BCUT2D eigenvalue weighted by Crippen LogP contribution is -1.87. The van der Waals surface area contributed by atoms with Gasteiger partial charge in [0.1, 0.15) is 0 Å². The molecule has 0 saturated carbocycles. The largest absolute Gasteiger partial charge is 0.490 e. The van der Waals surface area contributed by atoms with E-state index in [1.807, 2.05) is 6.92 Å². The fourth-order valence-corrected chi connectivity index (χ4v) is 0.775. The smallest absolute Gasteiger partial charge is 0.275 e.